The molecule has 1 spiro atoms. The van der Waals surface area contributed by atoms with Crippen LogP contribution in [-0.2, 0) is 23.3 Å². The third-order valence-corrected chi connectivity index (χ3v) is 5.47. The molecule has 0 radical (unpaired) electrons. The lowest BCUT2D eigenvalue weighted by molar-refractivity contribution is -0.102. The molecule has 25 heavy (non-hydrogen) atoms. The summed E-state index contributed by atoms with van der Waals surface area (Å²) in [5, 5.41) is 7.42. The van der Waals surface area contributed by atoms with E-state index in [2.05, 4.69) is 21.2 Å². The molecule has 6 nitrogen and oxygen atoms in total. The smallest absolute Gasteiger partial charge is 0.123 e. The number of benzene rings is 1. The van der Waals surface area contributed by atoms with Gasteiger partial charge in [0.1, 0.15) is 17.1 Å². The fourth-order valence-corrected chi connectivity index (χ4v) is 4.04. The van der Waals surface area contributed by atoms with Crippen LogP contribution in [0.5, 0.6) is 11.5 Å². The van der Waals surface area contributed by atoms with Crippen molar-refractivity contribution in [1.29, 1.82) is 0 Å². The number of fused-ring (bicyclic) bond motifs is 2. The lowest BCUT2D eigenvalue weighted by atomic mass is 9.83. The summed E-state index contributed by atoms with van der Waals surface area (Å²) in [7, 11) is 3.41. The summed E-state index contributed by atoms with van der Waals surface area (Å²) in [5.74, 6) is 1.77. The molecule has 134 valence electrons. The SMILES string of the molecule is COc1ccc(OC)c(CN2CCC3(CC2)OCCc2cn[nH]c23)c1. The lowest BCUT2D eigenvalue weighted by Crippen LogP contribution is -2.46. The molecule has 0 atom stereocenters. The van der Waals surface area contributed by atoms with E-state index in [4.69, 9.17) is 14.2 Å². The van der Waals surface area contributed by atoms with Crippen molar-refractivity contribution in [3.05, 3.63) is 41.2 Å². The molecule has 2 aromatic rings. The van der Waals surface area contributed by atoms with Gasteiger partial charge in [0.05, 0.1) is 32.7 Å². The quantitative estimate of drug-likeness (QED) is 0.924. The normalized spacial score (nSPS) is 19.6. The van der Waals surface area contributed by atoms with E-state index in [1.165, 1.54) is 11.3 Å². The minimum Gasteiger partial charge on any atom is -0.497 e. The van der Waals surface area contributed by atoms with Gasteiger partial charge in [-0.1, -0.05) is 0 Å². The monoisotopic (exact) mass is 343 g/mol. The zero-order valence-corrected chi connectivity index (χ0v) is 14.9. The lowest BCUT2D eigenvalue weighted by Gasteiger charge is -2.43. The molecular formula is C19H25N3O3. The van der Waals surface area contributed by atoms with Gasteiger partial charge >= 0.3 is 0 Å². The first-order valence-corrected chi connectivity index (χ1v) is 8.84. The molecule has 1 N–H and O–H groups in total. The molecule has 1 aromatic heterocycles. The number of hydrogen-bond donors (Lipinski definition) is 1. The number of likely N-dealkylation sites (tertiary alicyclic amines) is 1. The fourth-order valence-electron chi connectivity index (χ4n) is 4.04. The molecule has 1 fully saturated rings. The Morgan fingerprint density at radius 2 is 2.08 bits per heavy atom. The highest BCUT2D eigenvalue weighted by atomic mass is 16.5. The third kappa shape index (κ3) is 3.00. The van der Waals surface area contributed by atoms with E-state index in [1.54, 1.807) is 14.2 Å². The molecule has 2 aliphatic rings. The number of rotatable bonds is 4. The standard InChI is InChI=1S/C19H25N3O3/c1-23-16-3-4-17(24-2)15(11-16)13-22-8-6-19(7-9-22)18-14(5-10-25-19)12-20-21-18/h3-4,11-12H,5-10,13H2,1-2H3,(H,20,21). The van der Waals surface area contributed by atoms with Crippen molar-refractivity contribution in [2.75, 3.05) is 33.9 Å². The second-order valence-corrected chi connectivity index (χ2v) is 6.82. The van der Waals surface area contributed by atoms with Crippen LogP contribution in [0, 0.1) is 0 Å². The Kier molecular flexibility index (Phi) is 4.39. The minimum atomic E-state index is -0.182. The van der Waals surface area contributed by atoms with Crippen molar-refractivity contribution in [1.82, 2.24) is 15.1 Å². The molecule has 0 unspecified atom stereocenters. The maximum atomic E-state index is 6.23. The molecule has 0 saturated carbocycles. The highest BCUT2D eigenvalue weighted by Gasteiger charge is 2.42. The first kappa shape index (κ1) is 16.4. The molecule has 4 rings (SSSR count). The molecule has 0 amide bonds. The molecule has 1 saturated heterocycles. The van der Waals surface area contributed by atoms with Crippen LogP contribution in [0.2, 0.25) is 0 Å². The summed E-state index contributed by atoms with van der Waals surface area (Å²) in [6.45, 7) is 3.61. The second-order valence-electron chi connectivity index (χ2n) is 6.82. The van der Waals surface area contributed by atoms with Crippen molar-refractivity contribution >= 4 is 0 Å². The van der Waals surface area contributed by atoms with Gasteiger partial charge in [0.15, 0.2) is 0 Å². The number of nitrogens with one attached hydrogen (secondary N) is 1. The van der Waals surface area contributed by atoms with E-state index in [1.807, 2.05) is 18.3 Å². The van der Waals surface area contributed by atoms with Gasteiger partial charge in [-0.05, 0) is 43.0 Å². The van der Waals surface area contributed by atoms with Crippen LogP contribution >= 0.6 is 0 Å². The van der Waals surface area contributed by atoms with Crippen molar-refractivity contribution < 1.29 is 14.2 Å². The Morgan fingerprint density at radius 3 is 2.84 bits per heavy atom. The number of ether oxygens (including phenoxy) is 3. The molecule has 6 heteroatoms. The number of H-pyrrole nitrogens is 1. The number of aromatic amines is 1. The molecule has 3 heterocycles. The number of aromatic nitrogens is 2. The number of piperidine rings is 1. The summed E-state index contributed by atoms with van der Waals surface area (Å²) in [5.41, 5.74) is 3.48. The van der Waals surface area contributed by atoms with Gasteiger partial charge in [0.2, 0.25) is 0 Å². The number of nitrogens with zero attached hydrogens (tertiary/aromatic N) is 2. The van der Waals surface area contributed by atoms with Gasteiger partial charge < -0.3 is 14.2 Å². The minimum absolute atomic E-state index is 0.182. The number of hydrogen-bond acceptors (Lipinski definition) is 5. The van der Waals surface area contributed by atoms with Gasteiger partial charge in [-0.3, -0.25) is 10.00 Å². The molecule has 1 aromatic carbocycles. The van der Waals surface area contributed by atoms with Gasteiger partial charge in [-0.25, -0.2) is 0 Å². The van der Waals surface area contributed by atoms with Gasteiger partial charge in [-0.15, -0.1) is 0 Å². The maximum absolute atomic E-state index is 6.23. The summed E-state index contributed by atoms with van der Waals surface area (Å²) in [6.07, 6.45) is 4.87. The van der Waals surface area contributed by atoms with Crippen LogP contribution in [0.15, 0.2) is 24.4 Å². The van der Waals surface area contributed by atoms with Gasteiger partial charge in [0.25, 0.3) is 0 Å². The van der Waals surface area contributed by atoms with E-state index >= 15 is 0 Å². The molecule has 0 aliphatic carbocycles. The summed E-state index contributed by atoms with van der Waals surface area (Å²) in [4.78, 5) is 2.45. The van der Waals surface area contributed by atoms with Gasteiger partial charge in [-0.2, -0.15) is 5.10 Å². The van der Waals surface area contributed by atoms with E-state index in [-0.39, 0.29) is 5.60 Å². The average Bonchev–Trinajstić information content (AvgIpc) is 3.14. The van der Waals surface area contributed by atoms with E-state index < -0.39 is 0 Å². The summed E-state index contributed by atoms with van der Waals surface area (Å²) < 4.78 is 17.1. The first-order chi connectivity index (χ1) is 12.2. The Hall–Kier alpha value is -2.05. The predicted octanol–water partition coefficient (Wildman–Crippen LogP) is 2.49. The predicted molar refractivity (Wildman–Crippen MR) is 94.0 cm³/mol. The van der Waals surface area contributed by atoms with Gasteiger partial charge in [0, 0.05) is 25.2 Å². The highest BCUT2D eigenvalue weighted by Crippen LogP contribution is 2.40. The molecule has 2 aliphatic heterocycles. The largest absolute Gasteiger partial charge is 0.497 e. The van der Waals surface area contributed by atoms with Crippen molar-refractivity contribution in [3.63, 3.8) is 0 Å². The fraction of sp³-hybridized carbons (Fsp3) is 0.526. The number of methoxy groups -OCH3 is 2. The Morgan fingerprint density at radius 1 is 1.24 bits per heavy atom. The van der Waals surface area contributed by atoms with Crippen LogP contribution in [-0.4, -0.2) is 49.0 Å². The van der Waals surface area contributed by atoms with Crippen LogP contribution in [0.3, 0.4) is 0 Å². The van der Waals surface area contributed by atoms with Crippen molar-refractivity contribution in [3.8, 4) is 11.5 Å². The van der Waals surface area contributed by atoms with Crippen molar-refractivity contribution in [2.24, 2.45) is 0 Å². The van der Waals surface area contributed by atoms with Crippen LogP contribution < -0.4 is 9.47 Å². The van der Waals surface area contributed by atoms with E-state index in [9.17, 15) is 0 Å². The highest BCUT2D eigenvalue weighted by molar-refractivity contribution is 5.40. The molecular weight excluding hydrogens is 318 g/mol. The maximum Gasteiger partial charge on any atom is 0.123 e. The topological polar surface area (TPSA) is 59.6 Å². The van der Waals surface area contributed by atoms with E-state index in [0.29, 0.717) is 0 Å². The molecule has 0 bridgehead atoms. The third-order valence-electron chi connectivity index (χ3n) is 5.47. The van der Waals surface area contributed by atoms with E-state index in [0.717, 1.165) is 62.6 Å². The Bertz CT molecular complexity index is 735. The van der Waals surface area contributed by atoms with Crippen LogP contribution in [0.25, 0.3) is 0 Å². The summed E-state index contributed by atoms with van der Waals surface area (Å²) >= 11 is 0. The Labute approximate surface area is 148 Å². The zero-order chi connectivity index (χ0) is 17.3. The average molecular weight is 343 g/mol. The first-order valence-electron chi connectivity index (χ1n) is 8.84. The van der Waals surface area contributed by atoms with Crippen LogP contribution in [0.1, 0.15) is 29.7 Å². The summed E-state index contributed by atoms with van der Waals surface area (Å²) in [6, 6.07) is 5.97. The second kappa shape index (κ2) is 6.69. The van der Waals surface area contributed by atoms with Crippen molar-refractivity contribution in [2.45, 2.75) is 31.4 Å². The Balaban J connectivity index is 1.47. The zero-order valence-electron chi connectivity index (χ0n) is 14.9. The van der Waals surface area contributed by atoms with Crippen LogP contribution in [0.4, 0.5) is 0 Å².